The minimum atomic E-state index is 0.106. The van der Waals surface area contributed by atoms with Crippen LogP contribution in [-0.4, -0.2) is 5.71 Å². The van der Waals surface area contributed by atoms with Crippen LogP contribution < -0.4 is 0 Å². The first-order chi connectivity index (χ1) is 9.33. The molecule has 0 amide bonds. The van der Waals surface area contributed by atoms with Crippen molar-refractivity contribution in [2.45, 2.75) is 12.5 Å². The molecule has 2 nitrogen and oxygen atoms in total. The predicted molar refractivity (Wildman–Crippen MR) is 78.1 cm³/mol. The molecule has 2 atom stereocenters. The van der Waals surface area contributed by atoms with Crippen LogP contribution in [0.1, 0.15) is 22.8 Å². The van der Waals surface area contributed by atoms with E-state index in [1.165, 1.54) is 11.1 Å². The number of benzene rings is 2. The summed E-state index contributed by atoms with van der Waals surface area (Å²) >= 11 is 3.46. The Balaban J connectivity index is 1.70. The molecule has 2 aliphatic rings. The fourth-order valence-electron chi connectivity index (χ4n) is 3.00. The Hall–Kier alpha value is -1.61. The van der Waals surface area contributed by atoms with Crippen molar-refractivity contribution in [3.8, 4) is 0 Å². The van der Waals surface area contributed by atoms with E-state index < -0.39 is 0 Å². The summed E-state index contributed by atoms with van der Waals surface area (Å²) in [6, 6.07) is 16.8. The summed E-state index contributed by atoms with van der Waals surface area (Å²) in [4.78, 5) is 5.68. The third-order valence-electron chi connectivity index (χ3n) is 3.92. The van der Waals surface area contributed by atoms with Crippen LogP contribution in [0.4, 0.5) is 0 Å². The standard InChI is InChI=1S/C16H12BrNO/c17-12-7-5-10(6-8-12)15-14-9-11-3-1-2-4-13(11)16(14)19-18-15/h1-8,14,16H,9H2. The molecule has 2 aromatic rings. The zero-order chi connectivity index (χ0) is 12.8. The van der Waals surface area contributed by atoms with Crippen LogP contribution >= 0.6 is 15.9 Å². The summed E-state index contributed by atoms with van der Waals surface area (Å²) in [6.45, 7) is 0. The molecular weight excluding hydrogens is 302 g/mol. The van der Waals surface area contributed by atoms with Crippen molar-refractivity contribution in [2.75, 3.05) is 0 Å². The highest BCUT2D eigenvalue weighted by atomic mass is 79.9. The molecule has 0 fully saturated rings. The lowest BCUT2D eigenvalue weighted by Crippen LogP contribution is -2.14. The highest BCUT2D eigenvalue weighted by Gasteiger charge is 2.42. The maximum absolute atomic E-state index is 5.68. The molecule has 2 aromatic carbocycles. The number of nitrogens with zero attached hydrogens (tertiary/aromatic N) is 1. The van der Waals surface area contributed by atoms with Crippen LogP contribution in [-0.2, 0) is 11.3 Å². The number of rotatable bonds is 1. The number of halogens is 1. The Morgan fingerprint density at radius 2 is 1.84 bits per heavy atom. The van der Waals surface area contributed by atoms with Gasteiger partial charge in [-0.2, -0.15) is 0 Å². The minimum Gasteiger partial charge on any atom is -0.387 e. The lowest BCUT2D eigenvalue weighted by atomic mass is 9.93. The van der Waals surface area contributed by atoms with E-state index in [2.05, 4.69) is 57.5 Å². The van der Waals surface area contributed by atoms with Crippen molar-refractivity contribution < 1.29 is 4.84 Å². The van der Waals surface area contributed by atoms with Crippen LogP contribution in [0.3, 0.4) is 0 Å². The summed E-state index contributed by atoms with van der Waals surface area (Å²) in [7, 11) is 0. The molecule has 0 N–H and O–H groups in total. The molecule has 1 aliphatic carbocycles. The molecule has 1 aliphatic heterocycles. The largest absolute Gasteiger partial charge is 0.387 e. The predicted octanol–water partition coefficient (Wildman–Crippen LogP) is 4.10. The first kappa shape index (κ1) is 11.2. The van der Waals surface area contributed by atoms with Gasteiger partial charge in [-0.15, -0.1) is 0 Å². The molecule has 19 heavy (non-hydrogen) atoms. The zero-order valence-electron chi connectivity index (χ0n) is 10.2. The average molecular weight is 314 g/mol. The van der Waals surface area contributed by atoms with E-state index in [4.69, 9.17) is 4.84 Å². The molecule has 94 valence electrons. The van der Waals surface area contributed by atoms with Crippen LogP contribution in [0.2, 0.25) is 0 Å². The van der Waals surface area contributed by atoms with Crippen molar-refractivity contribution >= 4 is 21.6 Å². The fraction of sp³-hybridized carbons (Fsp3) is 0.188. The first-order valence-corrected chi connectivity index (χ1v) is 7.20. The molecule has 0 saturated heterocycles. The second-order valence-electron chi connectivity index (χ2n) is 5.02. The van der Waals surface area contributed by atoms with E-state index in [-0.39, 0.29) is 6.10 Å². The Morgan fingerprint density at radius 3 is 2.68 bits per heavy atom. The zero-order valence-corrected chi connectivity index (χ0v) is 11.8. The van der Waals surface area contributed by atoms with Crippen molar-refractivity contribution in [2.24, 2.45) is 11.1 Å². The third kappa shape index (κ3) is 1.72. The number of hydrogen-bond acceptors (Lipinski definition) is 2. The normalized spacial score (nSPS) is 23.5. The van der Waals surface area contributed by atoms with Gasteiger partial charge < -0.3 is 4.84 Å². The number of oxime groups is 1. The van der Waals surface area contributed by atoms with Crippen molar-refractivity contribution in [1.29, 1.82) is 0 Å². The van der Waals surface area contributed by atoms with Gasteiger partial charge in [0.2, 0.25) is 0 Å². The molecule has 0 spiro atoms. The van der Waals surface area contributed by atoms with Crippen molar-refractivity contribution in [1.82, 2.24) is 0 Å². The van der Waals surface area contributed by atoms with E-state index in [9.17, 15) is 0 Å². The van der Waals surface area contributed by atoms with Gasteiger partial charge in [-0.25, -0.2) is 0 Å². The fourth-order valence-corrected chi connectivity index (χ4v) is 3.26. The highest BCUT2D eigenvalue weighted by molar-refractivity contribution is 9.10. The average Bonchev–Trinajstić information content (AvgIpc) is 2.98. The lowest BCUT2D eigenvalue weighted by molar-refractivity contribution is 0.0697. The van der Waals surface area contributed by atoms with Crippen LogP contribution in [0, 0.1) is 5.92 Å². The molecular formula is C16H12BrNO. The minimum absolute atomic E-state index is 0.106. The van der Waals surface area contributed by atoms with Crippen LogP contribution in [0.25, 0.3) is 0 Å². The third-order valence-corrected chi connectivity index (χ3v) is 4.45. The Labute approximate surface area is 120 Å². The maximum Gasteiger partial charge on any atom is 0.161 e. The first-order valence-electron chi connectivity index (χ1n) is 6.40. The quantitative estimate of drug-likeness (QED) is 0.777. The Kier molecular flexibility index (Phi) is 2.49. The van der Waals surface area contributed by atoms with Gasteiger partial charge in [0.05, 0.1) is 11.6 Å². The Morgan fingerprint density at radius 1 is 1.05 bits per heavy atom. The number of fused-ring (bicyclic) bond motifs is 3. The topological polar surface area (TPSA) is 21.6 Å². The van der Waals surface area contributed by atoms with Gasteiger partial charge in [0.1, 0.15) is 0 Å². The summed E-state index contributed by atoms with van der Waals surface area (Å²) in [6.07, 6.45) is 1.13. The summed E-state index contributed by atoms with van der Waals surface area (Å²) < 4.78 is 1.09. The van der Waals surface area contributed by atoms with Gasteiger partial charge in [-0.05, 0) is 35.2 Å². The van der Waals surface area contributed by atoms with Gasteiger partial charge in [0.25, 0.3) is 0 Å². The lowest BCUT2D eigenvalue weighted by Gasteiger charge is -2.09. The highest BCUT2D eigenvalue weighted by Crippen LogP contribution is 2.44. The Bertz CT molecular complexity index is 663. The van der Waals surface area contributed by atoms with Crippen molar-refractivity contribution in [3.63, 3.8) is 0 Å². The van der Waals surface area contributed by atoms with E-state index in [0.717, 1.165) is 22.2 Å². The summed E-state index contributed by atoms with van der Waals surface area (Å²) in [5, 5.41) is 4.32. The van der Waals surface area contributed by atoms with Gasteiger partial charge in [0, 0.05) is 4.47 Å². The molecule has 3 heteroatoms. The van der Waals surface area contributed by atoms with E-state index in [0.29, 0.717) is 5.92 Å². The number of hydrogen-bond donors (Lipinski definition) is 0. The van der Waals surface area contributed by atoms with Crippen LogP contribution in [0.5, 0.6) is 0 Å². The van der Waals surface area contributed by atoms with Gasteiger partial charge in [-0.1, -0.05) is 57.5 Å². The molecule has 4 rings (SSSR count). The van der Waals surface area contributed by atoms with Gasteiger partial charge in [0.15, 0.2) is 6.10 Å². The van der Waals surface area contributed by atoms with E-state index in [1.807, 2.05) is 12.1 Å². The second kappa shape index (κ2) is 4.20. The molecule has 0 bridgehead atoms. The molecule has 2 unspecified atom stereocenters. The maximum atomic E-state index is 5.68. The summed E-state index contributed by atoms with van der Waals surface area (Å²) in [5.41, 5.74) is 4.92. The van der Waals surface area contributed by atoms with E-state index in [1.54, 1.807) is 0 Å². The monoisotopic (exact) mass is 313 g/mol. The van der Waals surface area contributed by atoms with Crippen LogP contribution in [0.15, 0.2) is 58.2 Å². The molecule has 0 aromatic heterocycles. The van der Waals surface area contributed by atoms with E-state index >= 15 is 0 Å². The smallest absolute Gasteiger partial charge is 0.161 e. The second-order valence-corrected chi connectivity index (χ2v) is 5.93. The molecule has 0 radical (unpaired) electrons. The molecule has 0 saturated carbocycles. The van der Waals surface area contributed by atoms with Gasteiger partial charge in [-0.3, -0.25) is 0 Å². The SMILES string of the molecule is Brc1ccc(C2=NOC3c4ccccc4CC23)cc1. The van der Waals surface area contributed by atoms with Crippen molar-refractivity contribution in [3.05, 3.63) is 69.7 Å². The summed E-state index contributed by atoms with van der Waals surface area (Å²) in [5.74, 6) is 0.360. The molecule has 1 heterocycles. The van der Waals surface area contributed by atoms with Gasteiger partial charge >= 0.3 is 0 Å².